The van der Waals surface area contributed by atoms with Gasteiger partial charge in [0.2, 0.25) is 5.91 Å². The first kappa shape index (κ1) is 12.9. The fourth-order valence-electron chi connectivity index (χ4n) is 2.24. The number of rotatable bonds is 5. The Labute approximate surface area is 116 Å². The number of ether oxygens (including phenoxy) is 1. The lowest BCUT2D eigenvalue weighted by molar-refractivity contribution is -0.124. The molecule has 106 valence electrons. The molecule has 0 saturated carbocycles. The maximum atomic E-state index is 11.8. The van der Waals surface area contributed by atoms with Gasteiger partial charge in [-0.3, -0.25) is 9.48 Å². The van der Waals surface area contributed by atoms with Crippen LogP contribution in [0.1, 0.15) is 6.42 Å². The van der Waals surface area contributed by atoms with Gasteiger partial charge in [-0.25, -0.2) is 0 Å². The SMILES string of the molecule is O=C(NCCn1cc(-c2ccoc2)cn1)C1CCOC1. The zero-order chi connectivity index (χ0) is 13.8. The number of nitrogens with one attached hydrogen (secondary N) is 1. The van der Waals surface area contributed by atoms with Crippen LogP contribution < -0.4 is 5.32 Å². The molecule has 1 N–H and O–H groups in total. The molecule has 1 saturated heterocycles. The molecule has 0 aliphatic carbocycles. The van der Waals surface area contributed by atoms with Crippen LogP contribution in [0.4, 0.5) is 0 Å². The molecule has 2 aromatic heterocycles. The van der Waals surface area contributed by atoms with Crippen LogP contribution in [0.2, 0.25) is 0 Å². The molecule has 1 fully saturated rings. The van der Waals surface area contributed by atoms with E-state index in [-0.39, 0.29) is 11.8 Å². The molecular weight excluding hydrogens is 258 g/mol. The van der Waals surface area contributed by atoms with Gasteiger partial charge in [0.05, 0.1) is 37.8 Å². The first-order valence-electron chi connectivity index (χ1n) is 6.73. The number of amides is 1. The van der Waals surface area contributed by atoms with Gasteiger partial charge in [-0.1, -0.05) is 0 Å². The van der Waals surface area contributed by atoms with Crippen molar-refractivity contribution < 1.29 is 13.9 Å². The Morgan fingerprint density at radius 2 is 2.45 bits per heavy atom. The number of carbonyl (C=O) groups is 1. The molecule has 3 heterocycles. The zero-order valence-electron chi connectivity index (χ0n) is 11.1. The topological polar surface area (TPSA) is 69.3 Å². The summed E-state index contributed by atoms with van der Waals surface area (Å²) in [6.45, 7) is 2.45. The molecule has 1 aliphatic rings. The molecule has 1 unspecified atom stereocenters. The monoisotopic (exact) mass is 275 g/mol. The van der Waals surface area contributed by atoms with E-state index in [9.17, 15) is 4.79 Å². The van der Waals surface area contributed by atoms with Crippen molar-refractivity contribution in [2.24, 2.45) is 5.92 Å². The van der Waals surface area contributed by atoms with Crippen LogP contribution in [0.25, 0.3) is 11.1 Å². The van der Waals surface area contributed by atoms with Crippen molar-refractivity contribution in [1.82, 2.24) is 15.1 Å². The lowest BCUT2D eigenvalue weighted by Gasteiger charge is -2.09. The van der Waals surface area contributed by atoms with Gasteiger partial charge in [-0.15, -0.1) is 0 Å². The fraction of sp³-hybridized carbons (Fsp3) is 0.429. The van der Waals surface area contributed by atoms with E-state index in [0.29, 0.717) is 26.3 Å². The first-order chi connectivity index (χ1) is 9.83. The van der Waals surface area contributed by atoms with Crippen LogP contribution in [0.3, 0.4) is 0 Å². The Kier molecular flexibility index (Phi) is 3.83. The van der Waals surface area contributed by atoms with E-state index >= 15 is 0 Å². The summed E-state index contributed by atoms with van der Waals surface area (Å²) in [5.74, 6) is 0.0822. The predicted octanol–water partition coefficient (Wildman–Crippen LogP) is 1.30. The van der Waals surface area contributed by atoms with Crippen LogP contribution in [0.5, 0.6) is 0 Å². The summed E-state index contributed by atoms with van der Waals surface area (Å²) >= 11 is 0. The zero-order valence-corrected chi connectivity index (χ0v) is 11.1. The standard InChI is InChI=1S/C14H17N3O3/c18-14(12-2-6-20-10-12)15-3-4-17-8-13(7-16-17)11-1-5-19-9-11/h1,5,7-9,12H,2-4,6,10H2,(H,15,18). The highest BCUT2D eigenvalue weighted by atomic mass is 16.5. The molecular formula is C14H17N3O3. The van der Waals surface area contributed by atoms with Crippen molar-refractivity contribution >= 4 is 5.91 Å². The minimum atomic E-state index is 0.00844. The second-order valence-corrected chi connectivity index (χ2v) is 4.86. The van der Waals surface area contributed by atoms with Crippen LogP contribution >= 0.6 is 0 Å². The Bertz CT molecular complexity index is 556. The molecule has 0 radical (unpaired) electrons. The Morgan fingerprint density at radius 1 is 1.50 bits per heavy atom. The molecule has 0 spiro atoms. The first-order valence-corrected chi connectivity index (χ1v) is 6.73. The van der Waals surface area contributed by atoms with Gasteiger partial charge in [0, 0.05) is 30.5 Å². The van der Waals surface area contributed by atoms with Gasteiger partial charge in [0.25, 0.3) is 0 Å². The van der Waals surface area contributed by atoms with Crippen LogP contribution in [-0.4, -0.2) is 35.4 Å². The van der Waals surface area contributed by atoms with Gasteiger partial charge >= 0.3 is 0 Å². The molecule has 6 heteroatoms. The van der Waals surface area contributed by atoms with Gasteiger partial charge in [0.1, 0.15) is 0 Å². The number of aromatic nitrogens is 2. The molecule has 20 heavy (non-hydrogen) atoms. The summed E-state index contributed by atoms with van der Waals surface area (Å²) in [5.41, 5.74) is 2.01. The number of nitrogens with zero attached hydrogens (tertiary/aromatic N) is 2. The molecule has 1 aliphatic heterocycles. The highest BCUT2D eigenvalue weighted by Gasteiger charge is 2.22. The molecule has 1 atom stereocenters. The molecule has 1 amide bonds. The van der Waals surface area contributed by atoms with Crippen LogP contribution in [0, 0.1) is 5.92 Å². The normalized spacial score (nSPS) is 18.3. The average Bonchev–Trinajstić information content (AvgIpc) is 3.20. The third kappa shape index (κ3) is 2.91. The lowest BCUT2D eigenvalue weighted by Crippen LogP contribution is -2.33. The van der Waals surface area contributed by atoms with E-state index in [1.54, 1.807) is 18.7 Å². The Balaban J connectivity index is 1.48. The molecule has 3 rings (SSSR count). The highest BCUT2D eigenvalue weighted by molar-refractivity contribution is 5.78. The molecule has 2 aromatic rings. The third-order valence-electron chi connectivity index (χ3n) is 3.43. The van der Waals surface area contributed by atoms with E-state index in [4.69, 9.17) is 9.15 Å². The predicted molar refractivity (Wildman–Crippen MR) is 71.9 cm³/mol. The second kappa shape index (κ2) is 5.92. The maximum absolute atomic E-state index is 11.8. The van der Waals surface area contributed by atoms with E-state index in [1.807, 2.05) is 16.9 Å². The minimum absolute atomic E-state index is 0.00844. The summed E-state index contributed by atoms with van der Waals surface area (Å²) in [6.07, 6.45) is 7.87. The van der Waals surface area contributed by atoms with Crippen LogP contribution in [-0.2, 0) is 16.1 Å². The van der Waals surface area contributed by atoms with E-state index in [0.717, 1.165) is 17.5 Å². The number of carbonyl (C=O) groups excluding carboxylic acids is 1. The number of furan rings is 1. The second-order valence-electron chi connectivity index (χ2n) is 4.86. The molecule has 6 nitrogen and oxygen atoms in total. The molecule has 0 aromatic carbocycles. The van der Waals surface area contributed by atoms with Gasteiger partial charge in [-0.2, -0.15) is 5.10 Å². The maximum Gasteiger partial charge on any atom is 0.225 e. The van der Waals surface area contributed by atoms with Crippen molar-refractivity contribution in [3.63, 3.8) is 0 Å². The van der Waals surface area contributed by atoms with Gasteiger partial charge in [0.15, 0.2) is 0 Å². The van der Waals surface area contributed by atoms with Crippen LogP contribution in [0.15, 0.2) is 35.4 Å². The quantitative estimate of drug-likeness (QED) is 0.893. The summed E-state index contributed by atoms with van der Waals surface area (Å²) in [7, 11) is 0. The highest BCUT2D eigenvalue weighted by Crippen LogP contribution is 2.18. The summed E-state index contributed by atoms with van der Waals surface area (Å²) in [6, 6.07) is 1.89. The van der Waals surface area contributed by atoms with Gasteiger partial charge < -0.3 is 14.5 Å². The smallest absolute Gasteiger partial charge is 0.225 e. The lowest BCUT2D eigenvalue weighted by atomic mass is 10.1. The van der Waals surface area contributed by atoms with E-state index in [1.165, 1.54) is 0 Å². The van der Waals surface area contributed by atoms with Crippen molar-refractivity contribution in [1.29, 1.82) is 0 Å². The van der Waals surface area contributed by atoms with E-state index < -0.39 is 0 Å². The van der Waals surface area contributed by atoms with E-state index in [2.05, 4.69) is 10.4 Å². The molecule has 0 bridgehead atoms. The third-order valence-corrected chi connectivity index (χ3v) is 3.43. The summed E-state index contributed by atoms with van der Waals surface area (Å²) in [5, 5.41) is 7.18. The average molecular weight is 275 g/mol. The summed E-state index contributed by atoms with van der Waals surface area (Å²) in [4.78, 5) is 11.8. The van der Waals surface area contributed by atoms with Crippen molar-refractivity contribution in [2.75, 3.05) is 19.8 Å². The van der Waals surface area contributed by atoms with Crippen molar-refractivity contribution in [2.45, 2.75) is 13.0 Å². The Hall–Kier alpha value is -2.08. The Morgan fingerprint density at radius 3 is 3.20 bits per heavy atom. The van der Waals surface area contributed by atoms with Gasteiger partial charge in [-0.05, 0) is 12.5 Å². The van der Waals surface area contributed by atoms with Crippen molar-refractivity contribution in [3.8, 4) is 11.1 Å². The minimum Gasteiger partial charge on any atom is -0.472 e. The summed E-state index contributed by atoms with van der Waals surface area (Å²) < 4.78 is 12.1. The number of hydrogen-bond donors (Lipinski definition) is 1. The van der Waals surface area contributed by atoms with Crippen molar-refractivity contribution in [3.05, 3.63) is 31.0 Å². The largest absolute Gasteiger partial charge is 0.472 e. The number of hydrogen-bond acceptors (Lipinski definition) is 4. The fourth-order valence-corrected chi connectivity index (χ4v) is 2.24.